The van der Waals surface area contributed by atoms with E-state index in [9.17, 15) is 14.7 Å². The Morgan fingerprint density at radius 2 is 2.06 bits per heavy atom. The molecule has 0 radical (unpaired) electrons. The van der Waals surface area contributed by atoms with Crippen molar-refractivity contribution in [1.82, 2.24) is 10.6 Å². The van der Waals surface area contributed by atoms with E-state index in [1.54, 1.807) is 0 Å². The maximum Gasteiger partial charge on any atom is 0.331 e. The third-order valence-corrected chi connectivity index (χ3v) is 3.67. The van der Waals surface area contributed by atoms with Gasteiger partial charge in [0.2, 0.25) is 0 Å². The lowest BCUT2D eigenvalue weighted by Crippen LogP contribution is -2.52. The summed E-state index contributed by atoms with van der Waals surface area (Å²) in [5.41, 5.74) is -1.07. The van der Waals surface area contributed by atoms with Crippen LogP contribution in [-0.4, -0.2) is 29.2 Å². The van der Waals surface area contributed by atoms with Gasteiger partial charge in [0.25, 0.3) is 0 Å². The minimum Gasteiger partial charge on any atom is -0.479 e. The summed E-state index contributed by atoms with van der Waals surface area (Å²) in [5, 5.41) is 14.4. The van der Waals surface area contributed by atoms with Crippen LogP contribution < -0.4 is 10.6 Å². The summed E-state index contributed by atoms with van der Waals surface area (Å²) in [6.07, 6.45) is 6.35. The summed E-state index contributed by atoms with van der Waals surface area (Å²) in [7, 11) is 0. The zero-order valence-electron chi connectivity index (χ0n) is 9.29. The van der Waals surface area contributed by atoms with Gasteiger partial charge in [-0.25, -0.2) is 9.59 Å². The molecule has 0 aromatic carbocycles. The molecule has 2 amide bonds. The van der Waals surface area contributed by atoms with Crippen molar-refractivity contribution in [2.24, 2.45) is 5.92 Å². The predicted octanol–water partition coefficient (Wildman–Crippen LogP) is 1.09. The van der Waals surface area contributed by atoms with Crippen molar-refractivity contribution in [2.45, 2.75) is 44.1 Å². The van der Waals surface area contributed by atoms with E-state index in [2.05, 4.69) is 10.6 Å². The highest BCUT2D eigenvalue weighted by Gasteiger charge is 2.46. The smallest absolute Gasteiger partial charge is 0.331 e. The summed E-state index contributed by atoms with van der Waals surface area (Å²) in [4.78, 5) is 22.4. The molecule has 90 valence electrons. The Labute approximate surface area is 94.6 Å². The molecule has 16 heavy (non-hydrogen) atoms. The second-order valence-corrected chi connectivity index (χ2v) is 4.90. The quantitative estimate of drug-likeness (QED) is 0.674. The van der Waals surface area contributed by atoms with Crippen molar-refractivity contribution in [2.75, 3.05) is 6.54 Å². The summed E-state index contributed by atoms with van der Waals surface area (Å²) >= 11 is 0. The van der Waals surface area contributed by atoms with Gasteiger partial charge >= 0.3 is 12.0 Å². The molecule has 1 unspecified atom stereocenters. The SMILES string of the molecule is O=C1NCC(CC2CCCCC2)(C(=O)O)N1. The molecule has 1 saturated carbocycles. The fraction of sp³-hybridized carbons (Fsp3) is 0.818. The lowest BCUT2D eigenvalue weighted by Gasteiger charge is -2.30. The molecule has 2 rings (SSSR count). The maximum atomic E-state index is 11.3. The summed E-state index contributed by atoms with van der Waals surface area (Å²) in [6, 6.07) is -0.363. The Morgan fingerprint density at radius 1 is 1.38 bits per heavy atom. The van der Waals surface area contributed by atoms with E-state index in [0.717, 1.165) is 12.8 Å². The average Bonchev–Trinajstić information content (AvgIpc) is 2.63. The van der Waals surface area contributed by atoms with Crippen molar-refractivity contribution < 1.29 is 14.7 Å². The highest BCUT2D eigenvalue weighted by Crippen LogP contribution is 2.31. The zero-order valence-corrected chi connectivity index (χ0v) is 9.29. The number of carboxylic acid groups (broad SMARTS) is 1. The van der Waals surface area contributed by atoms with Crippen LogP contribution in [0.15, 0.2) is 0 Å². The van der Waals surface area contributed by atoms with Gasteiger partial charge in [0, 0.05) is 0 Å². The molecule has 3 N–H and O–H groups in total. The highest BCUT2D eigenvalue weighted by molar-refractivity contribution is 5.90. The van der Waals surface area contributed by atoms with Gasteiger partial charge in [-0.05, 0) is 12.3 Å². The standard InChI is InChI=1S/C11H18N2O3/c14-9(15)11(7-12-10(16)13-11)6-8-4-2-1-3-5-8/h8H,1-7H2,(H,14,15)(H2,12,13,16). The first-order valence-corrected chi connectivity index (χ1v) is 5.92. The number of urea groups is 1. The molecular weight excluding hydrogens is 208 g/mol. The van der Waals surface area contributed by atoms with E-state index in [0.29, 0.717) is 12.3 Å². The normalized spacial score (nSPS) is 30.9. The van der Waals surface area contributed by atoms with Crippen LogP contribution in [-0.2, 0) is 4.79 Å². The van der Waals surface area contributed by atoms with Crippen LogP contribution in [0.1, 0.15) is 38.5 Å². The molecule has 1 aliphatic heterocycles. The van der Waals surface area contributed by atoms with Gasteiger partial charge in [0.15, 0.2) is 5.54 Å². The third-order valence-electron chi connectivity index (χ3n) is 3.67. The molecule has 1 aliphatic carbocycles. The lowest BCUT2D eigenvalue weighted by molar-refractivity contribution is -0.144. The number of carbonyl (C=O) groups excluding carboxylic acids is 1. The topological polar surface area (TPSA) is 78.4 Å². The zero-order chi connectivity index (χ0) is 11.6. The van der Waals surface area contributed by atoms with Gasteiger partial charge < -0.3 is 15.7 Å². The number of carboxylic acids is 1. The van der Waals surface area contributed by atoms with E-state index in [-0.39, 0.29) is 12.6 Å². The Balaban J connectivity index is 2.02. The van der Waals surface area contributed by atoms with Crippen LogP contribution in [0.25, 0.3) is 0 Å². The molecular formula is C11H18N2O3. The van der Waals surface area contributed by atoms with Crippen LogP contribution in [0.5, 0.6) is 0 Å². The molecule has 0 aromatic heterocycles. The van der Waals surface area contributed by atoms with Crippen LogP contribution in [0.4, 0.5) is 4.79 Å². The Hall–Kier alpha value is -1.26. The molecule has 1 atom stereocenters. The van der Waals surface area contributed by atoms with Gasteiger partial charge in [0.1, 0.15) is 0 Å². The second-order valence-electron chi connectivity index (χ2n) is 4.90. The minimum atomic E-state index is -1.07. The summed E-state index contributed by atoms with van der Waals surface area (Å²) < 4.78 is 0. The van der Waals surface area contributed by atoms with Crippen LogP contribution in [0.3, 0.4) is 0 Å². The van der Waals surface area contributed by atoms with E-state index in [4.69, 9.17) is 0 Å². The predicted molar refractivity (Wildman–Crippen MR) is 58.1 cm³/mol. The minimum absolute atomic E-state index is 0.206. The molecule has 2 aliphatic rings. The van der Waals surface area contributed by atoms with E-state index in [1.807, 2.05) is 0 Å². The molecule has 2 fully saturated rings. The van der Waals surface area contributed by atoms with Crippen LogP contribution in [0.2, 0.25) is 0 Å². The average molecular weight is 226 g/mol. The molecule has 1 heterocycles. The molecule has 0 spiro atoms. The Bertz CT molecular complexity index is 300. The summed E-state index contributed by atoms with van der Waals surface area (Å²) in [6.45, 7) is 0.206. The number of rotatable bonds is 3. The third kappa shape index (κ3) is 2.13. The van der Waals surface area contributed by atoms with Gasteiger partial charge in [-0.15, -0.1) is 0 Å². The number of hydrogen-bond donors (Lipinski definition) is 3. The van der Waals surface area contributed by atoms with Gasteiger partial charge in [-0.2, -0.15) is 0 Å². The van der Waals surface area contributed by atoms with Crippen LogP contribution >= 0.6 is 0 Å². The Kier molecular flexibility index (Phi) is 3.03. The van der Waals surface area contributed by atoms with Crippen LogP contribution in [0, 0.1) is 5.92 Å². The van der Waals surface area contributed by atoms with Gasteiger partial charge in [-0.1, -0.05) is 32.1 Å². The van der Waals surface area contributed by atoms with Gasteiger partial charge in [0.05, 0.1) is 6.54 Å². The van der Waals surface area contributed by atoms with Crippen molar-refractivity contribution in [3.63, 3.8) is 0 Å². The highest BCUT2D eigenvalue weighted by atomic mass is 16.4. The number of aliphatic carboxylic acids is 1. The molecule has 5 nitrogen and oxygen atoms in total. The Morgan fingerprint density at radius 3 is 2.56 bits per heavy atom. The first-order valence-electron chi connectivity index (χ1n) is 5.92. The van der Waals surface area contributed by atoms with Crippen molar-refractivity contribution in [1.29, 1.82) is 0 Å². The fourth-order valence-electron chi connectivity index (χ4n) is 2.76. The molecule has 0 aromatic rings. The van der Waals surface area contributed by atoms with E-state index < -0.39 is 11.5 Å². The first-order chi connectivity index (χ1) is 7.62. The first kappa shape index (κ1) is 11.2. The lowest BCUT2D eigenvalue weighted by atomic mass is 9.79. The maximum absolute atomic E-state index is 11.3. The van der Waals surface area contributed by atoms with E-state index >= 15 is 0 Å². The molecule has 0 bridgehead atoms. The number of nitrogens with one attached hydrogen (secondary N) is 2. The van der Waals surface area contributed by atoms with Crippen molar-refractivity contribution >= 4 is 12.0 Å². The fourth-order valence-corrected chi connectivity index (χ4v) is 2.76. The molecule has 1 saturated heterocycles. The summed E-state index contributed by atoms with van der Waals surface area (Å²) in [5.74, 6) is -0.485. The van der Waals surface area contributed by atoms with Gasteiger partial charge in [-0.3, -0.25) is 0 Å². The largest absolute Gasteiger partial charge is 0.479 e. The van der Waals surface area contributed by atoms with Crippen molar-refractivity contribution in [3.8, 4) is 0 Å². The number of amides is 2. The second kappa shape index (κ2) is 4.31. The van der Waals surface area contributed by atoms with Crippen molar-refractivity contribution in [3.05, 3.63) is 0 Å². The molecule has 5 heteroatoms. The number of carbonyl (C=O) groups is 2. The monoisotopic (exact) mass is 226 g/mol. The van der Waals surface area contributed by atoms with E-state index in [1.165, 1.54) is 19.3 Å². The number of hydrogen-bond acceptors (Lipinski definition) is 2.